The maximum Gasteiger partial charge on any atom is 0.168 e. The summed E-state index contributed by atoms with van der Waals surface area (Å²) in [6.45, 7) is 6.11. The van der Waals surface area contributed by atoms with E-state index in [-0.39, 0.29) is 17.0 Å². The van der Waals surface area contributed by atoms with E-state index in [4.69, 9.17) is 4.98 Å². The largest absolute Gasteiger partial charge is 0.511 e. The lowest BCUT2D eigenvalue weighted by molar-refractivity contribution is -0.117. The Morgan fingerprint density at radius 2 is 1.74 bits per heavy atom. The summed E-state index contributed by atoms with van der Waals surface area (Å²) in [5, 5.41) is 18.5. The van der Waals surface area contributed by atoms with Gasteiger partial charge in [0.25, 0.3) is 0 Å². The second-order valence-corrected chi connectivity index (χ2v) is 9.06. The highest BCUT2D eigenvalue weighted by atomic mass is 16.3. The minimum atomic E-state index is -0.232. The van der Waals surface area contributed by atoms with Crippen molar-refractivity contribution < 1.29 is 9.90 Å². The van der Waals surface area contributed by atoms with Crippen LogP contribution in [0.25, 0.3) is 21.7 Å². The zero-order valence-corrected chi connectivity index (χ0v) is 18.4. The van der Waals surface area contributed by atoms with Crippen molar-refractivity contribution in [2.45, 2.75) is 52.9 Å². The van der Waals surface area contributed by atoms with E-state index in [0.717, 1.165) is 34.5 Å². The molecule has 0 radical (unpaired) electrons. The monoisotopic (exact) mass is 415 g/mol. The number of hydrazone groups is 1. The molecule has 2 N–H and O–H groups in total. The lowest BCUT2D eigenvalue weighted by Gasteiger charge is -2.30. The van der Waals surface area contributed by atoms with Crippen LogP contribution >= 0.6 is 0 Å². The van der Waals surface area contributed by atoms with Crippen LogP contribution in [0.2, 0.25) is 0 Å². The van der Waals surface area contributed by atoms with Gasteiger partial charge in [0.1, 0.15) is 5.76 Å². The number of nitrogens with one attached hydrogen (secondary N) is 1. The summed E-state index contributed by atoms with van der Waals surface area (Å²) in [6, 6.07) is 16.1. The van der Waals surface area contributed by atoms with Crippen LogP contribution < -0.4 is 5.43 Å². The highest BCUT2D eigenvalue weighted by Gasteiger charge is 2.35. The van der Waals surface area contributed by atoms with Crippen molar-refractivity contribution in [3.8, 4) is 0 Å². The Hall–Kier alpha value is -3.21. The van der Waals surface area contributed by atoms with Crippen LogP contribution in [0.1, 0.15) is 52.9 Å². The third kappa shape index (κ3) is 4.31. The number of aliphatic hydroxyl groups excluding tert-OH is 1. The zero-order valence-electron chi connectivity index (χ0n) is 18.4. The number of hydrogen-bond acceptors (Lipinski definition) is 5. The Labute approximate surface area is 182 Å². The summed E-state index contributed by atoms with van der Waals surface area (Å²) in [5.74, 6) is 0.753. The van der Waals surface area contributed by atoms with Crippen LogP contribution in [-0.2, 0) is 4.79 Å². The topological polar surface area (TPSA) is 74.6 Å². The highest BCUT2D eigenvalue weighted by molar-refractivity contribution is 6.23. The molecule has 1 heterocycles. The molecule has 2 aromatic carbocycles. The Balaban J connectivity index is 1.78. The van der Waals surface area contributed by atoms with Crippen molar-refractivity contribution in [3.63, 3.8) is 0 Å². The van der Waals surface area contributed by atoms with Crippen LogP contribution in [0, 0.1) is 5.41 Å². The molecule has 31 heavy (non-hydrogen) atoms. The fourth-order valence-electron chi connectivity index (χ4n) is 4.31. The SMILES string of the molecule is CCCC/C(=N\Nc1nc2ccccc2c2ccccc12)C1=C(O)CC(C)(C)CC1=O. The number of Topliss-reactive ketones (excluding diaryl/α,β-unsaturated/α-hetero) is 1. The first-order valence-corrected chi connectivity index (χ1v) is 11.0. The van der Waals surface area contributed by atoms with Crippen molar-refractivity contribution in [1.29, 1.82) is 0 Å². The van der Waals surface area contributed by atoms with Crippen molar-refractivity contribution in [2.24, 2.45) is 10.5 Å². The molecule has 4 rings (SSSR count). The van der Waals surface area contributed by atoms with Gasteiger partial charge < -0.3 is 5.11 Å². The number of anilines is 1. The van der Waals surface area contributed by atoms with Gasteiger partial charge in [0.15, 0.2) is 11.6 Å². The van der Waals surface area contributed by atoms with E-state index in [1.54, 1.807) is 0 Å². The number of ketones is 1. The van der Waals surface area contributed by atoms with Crippen molar-refractivity contribution in [2.75, 3.05) is 5.43 Å². The summed E-state index contributed by atoms with van der Waals surface area (Å²) in [6.07, 6.45) is 3.38. The lowest BCUT2D eigenvalue weighted by atomic mass is 9.75. The number of rotatable bonds is 6. The fraction of sp³-hybridized carbons (Fsp3) is 0.346. The van der Waals surface area contributed by atoms with Crippen LogP contribution in [-0.4, -0.2) is 21.6 Å². The van der Waals surface area contributed by atoms with Crippen LogP contribution in [0.3, 0.4) is 0 Å². The summed E-state index contributed by atoms with van der Waals surface area (Å²) in [4.78, 5) is 17.7. The summed E-state index contributed by atoms with van der Waals surface area (Å²) in [7, 11) is 0. The molecule has 0 saturated heterocycles. The second-order valence-electron chi connectivity index (χ2n) is 9.06. The molecule has 1 aliphatic carbocycles. The van der Waals surface area contributed by atoms with Gasteiger partial charge in [-0.2, -0.15) is 5.10 Å². The molecule has 0 saturated carbocycles. The van der Waals surface area contributed by atoms with E-state index in [0.29, 0.717) is 36.4 Å². The van der Waals surface area contributed by atoms with Gasteiger partial charge in [0.05, 0.1) is 16.8 Å². The molecule has 0 amide bonds. The predicted octanol–water partition coefficient (Wildman–Crippen LogP) is 6.55. The number of fused-ring (bicyclic) bond motifs is 3. The van der Waals surface area contributed by atoms with Crippen molar-refractivity contribution in [3.05, 3.63) is 59.9 Å². The first-order valence-electron chi connectivity index (χ1n) is 11.0. The standard InChI is InChI=1S/C26H29N3O2/c1-4-5-13-21(24-22(30)15-26(2,3)16-23(24)31)28-29-25-19-12-7-6-10-17(19)18-11-8-9-14-20(18)27-25/h6-12,14,30H,4-5,13,15-16H2,1-3H3,(H,27,29)/b28-21+. The average Bonchev–Trinajstić information content (AvgIpc) is 2.73. The molecule has 0 unspecified atom stereocenters. The molecule has 1 aliphatic rings. The van der Waals surface area contributed by atoms with Gasteiger partial charge in [-0.3, -0.25) is 10.2 Å². The van der Waals surface area contributed by atoms with E-state index >= 15 is 0 Å². The van der Waals surface area contributed by atoms with Crippen LogP contribution in [0.5, 0.6) is 0 Å². The number of pyridine rings is 1. The van der Waals surface area contributed by atoms with Gasteiger partial charge in [-0.05, 0) is 29.7 Å². The summed E-state index contributed by atoms with van der Waals surface area (Å²) < 4.78 is 0. The van der Waals surface area contributed by atoms with Crippen molar-refractivity contribution in [1.82, 2.24) is 4.98 Å². The molecule has 0 bridgehead atoms. The average molecular weight is 416 g/mol. The molecule has 3 aromatic rings. The normalized spacial score (nSPS) is 16.9. The van der Waals surface area contributed by atoms with Crippen LogP contribution in [0.4, 0.5) is 5.82 Å². The molecular weight excluding hydrogens is 386 g/mol. The Kier molecular flexibility index (Phi) is 5.77. The third-order valence-electron chi connectivity index (χ3n) is 5.81. The molecular formula is C26H29N3O2. The molecule has 5 nitrogen and oxygen atoms in total. The lowest BCUT2D eigenvalue weighted by Crippen LogP contribution is -2.29. The molecule has 0 atom stereocenters. The molecule has 5 heteroatoms. The number of carbonyl (C=O) groups excluding carboxylic acids is 1. The molecule has 160 valence electrons. The quantitative estimate of drug-likeness (QED) is 0.272. The van der Waals surface area contributed by atoms with E-state index < -0.39 is 0 Å². The first-order chi connectivity index (χ1) is 14.9. The Bertz CT molecular complexity index is 1210. The zero-order chi connectivity index (χ0) is 22.0. The summed E-state index contributed by atoms with van der Waals surface area (Å²) >= 11 is 0. The number of aromatic nitrogens is 1. The smallest absolute Gasteiger partial charge is 0.168 e. The number of carbonyl (C=O) groups is 1. The van der Waals surface area contributed by atoms with Crippen LogP contribution in [0.15, 0.2) is 65.0 Å². The maximum atomic E-state index is 12.9. The number of unbranched alkanes of at least 4 members (excludes halogenated alkanes) is 1. The number of aliphatic hydroxyl groups is 1. The number of para-hydroxylation sites is 1. The number of nitrogens with zero attached hydrogens (tertiary/aromatic N) is 2. The van der Waals surface area contributed by atoms with Gasteiger partial charge in [0, 0.05) is 23.6 Å². The minimum absolute atomic E-state index is 0.0401. The minimum Gasteiger partial charge on any atom is -0.511 e. The molecule has 0 aliphatic heterocycles. The van der Waals surface area contributed by atoms with Gasteiger partial charge >= 0.3 is 0 Å². The first kappa shape index (κ1) is 21.0. The predicted molar refractivity (Wildman–Crippen MR) is 128 cm³/mol. The van der Waals surface area contributed by atoms with Gasteiger partial charge in [-0.25, -0.2) is 4.98 Å². The second kappa shape index (κ2) is 8.50. The van der Waals surface area contributed by atoms with Crippen molar-refractivity contribution >= 4 is 39.0 Å². The molecule has 1 aromatic heterocycles. The Morgan fingerprint density at radius 3 is 2.45 bits per heavy atom. The Morgan fingerprint density at radius 1 is 1.06 bits per heavy atom. The fourth-order valence-corrected chi connectivity index (χ4v) is 4.31. The maximum absolute atomic E-state index is 12.9. The van der Waals surface area contributed by atoms with E-state index in [1.807, 2.05) is 50.2 Å². The third-order valence-corrected chi connectivity index (χ3v) is 5.81. The van der Waals surface area contributed by atoms with Gasteiger partial charge in [-0.1, -0.05) is 69.7 Å². The number of benzene rings is 2. The van der Waals surface area contributed by atoms with E-state index in [2.05, 4.69) is 29.6 Å². The van der Waals surface area contributed by atoms with Gasteiger partial charge in [0.2, 0.25) is 0 Å². The summed E-state index contributed by atoms with van der Waals surface area (Å²) in [5.41, 5.74) is 4.77. The number of hydrogen-bond donors (Lipinski definition) is 2. The molecule has 0 spiro atoms. The number of allylic oxidation sites excluding steroid dienone is 2. The van der Waals surface area contributed by atoms with E-state index in [1.165, 1.54) is 0 Å². The van der Waals surface area contributed by atoms with E-state index in [9.17, 15) is 9.90 Å². The van der Waals surface area contributed by atoms with Gasteiger partial charge in [-0.15, -0.1) is 0 Å². The highest BCUT2D eigenvalue weighted by Crippen LogP contribution is 2.37. The molecule has 0 fully saturated rings.